The number of allylic oxidation sites excluding steroid dienone is 2. The molecule has 0 amide bonds. The maximum Gasteiger partial charge on any atom is 0.182 e. The summed E-state index contributed by atoms with van der Waals surface area (Å²) < 4.78 is 10.3. The normalized spacial score (nSPS) is 11.9. The molecule has 0 saturated heterocycles. The number of carbonyl (C=O) groups is 2. The standard InChI is InChI=1S/C16H14O4/c1-12(17)10-13(11-15-5-3-9-20-15)16(18)7-6-14-4-2-8-19-14/h2-9,11H,10H2,1H3. The van der Waals surface area contributed by atoms with Crippen LogP contribution in [0, 0.1) is 0 Å². The van der Waals surface area contributed by atoms with Crippen LogP contribution in [0.4, 0.5) is 0 Å². The van der Waals surface area contributed by atoms with Crippen LogP contribution < -0.4 is 0 Å². The maximum atomic E-state index is 12.1. The minimum atomic E-state index is -0.243. The fourth-order valence-corrected chi connectivity index (χ4v) is 1.67. The Kier molecular flexibility index (Phi) is 4.50. The van der Waals surface area contributed by atoms with E-state index in [9.17, 15) is 9.59 Å². The molecule has 0 radical (unpaired) electrons. The Hall–Kier alpha value is -2.62. The Morgan fingerprint density at radius 3 is 2.30 bits per heavy atom. The first-order valence-corrected chi connectivity index (χ1v) is 6.14. The van der Waals surface area contributed by atoms with Gasteiger partial charge in [0.05, 0.1) is 12.5 Å². The topological polar surface area (TPSA) is 60.4 Å². The summed E-state index contributed by atoms with van der Waals surface area (Å²) in [6.45, 7) is 1.44. The molecule has 0 spiro atoms. The van der Waals surface area contributed by atoms with Gasteiger partial charge >= 0.3 is 0 Å². The Bertz CT molecular complexity index is 628. The molecule has 20 heavy (non-hydrogen) atoms. The molecule has 0 aliphatic rings. The number of Topliss-reactive ketones (excluding diaryl/α,β-unsaturated/α-hetero) is 1. The lowest BCUT2D eigenvalue weighted by Crippen LogP contribution is -2.03. The number of ketones is 2. The average molecular weight is 270 g/mol. The zero-order chi connectivity index (χ0) is 14.4. The van der Waals surface area contributed by atoms with Crippen LogP contribution in [-0.4, -0.2) is 11.6 Å². The summed E-state index contributed by atoms with van der Waals surface area (Å²) in [5, 5.41) is 0. The van der Waals surface area contributed by atoms with Crippen LogP contribution in [0.3, 0.4) is 0 Å². The lowest BCUT2D eigenvalue weighted by atomic mass is 10.0. The molecule has 2 aromatic heterocycles. The van der Waals surface area contributed by atoms with Crippen LogP contribution in [0.25, 0.3) is 12.2 Å². The number of carbonyl (C=O) groups excluding carboxylic acids is 2. The van der Waals surface area contributed by atoms with Crippen molar-refractivity contribution in [1.82, 2.24) is 0 Å². The summed E-state index contributed by atoms with van der Waals surface area (Å²) in [7, 11) is 0. The minimum absolute atomic E-state index is 0.0715. The van der Waals surface area contributed by atoms with Gasteiger partial charge in [-0.2, -0.15) is 0 Å². The maximum absolute atomic E-state index is 12.1. The first kappa shape index (κ1) is 13.8. The van der Waals surface area contributed by atoms with Crippen molar-refractivity contribution in [2.75, 3.05) is 0 Å². The van der Waals surface area contributed by atoms with Gasteiger partial charge in [0.25, 0.3) is 0 Å². The summed E-state index contributed by atoms with van der Waals surface area (Å²) in [6, 6.07) is 6.92. The molecule has 0 aromatic carbocycles. The number of rotatable bonds is 6. The van der Waals surface area contributed by atoms with Crippen LogP contribution in [0.5, 0.6) is 0 Å². The Balaban J connectivity index is 2.18. The van der Waals surface area contributed by atoms with Crippen molar-refractivity contribution >= 4 is 23.7 Å². The quantitative estimate of drug-likeness (QED) is 0.753. The Morgan fingerprint density at radius 2 is 1.75 bits per heavy atom. The zero-order valence-corrected chi connectivity index (χ0v) is 11.0. The molecule has 102 valence electrons. The molecule has 0 N–H and O–H groups in total. The molecule has 4 nitrogen and oxygen atoms in total. The Labute approximate surface area is 116 Å². The summed E-state index contributed by atoms with van der Waals surface area (Å²) in [5.74, 6) is 0.801. The van der Waals surface area contributed by atoms with Crippen molar-refractivity contribution in [2.45, 2.75) is 13.3 Å². The second-order valence-electron chi connectivity index (χ2n) is 4.28. The molecule has 0 unspecified atom stereocenters. The summed E-state index contributed by atoms with van der Waals surface area (Å²) in [6.07, 6.45) is 7.65. The third-order valence-electron chi connectivity index (χ3n) is 2.56. The van der Waals surface area contributed by atoms with E-state index < -0.39 is 0 Å². The predicted octanol–water partition coefficient (Wildman–Crippen LogP) is 3.52. The number of hydrogen-bond donors (Lipinski definition) is 0. The van der Waals surface area contributed by atoms with Crippen molar-refractivity contribution in [2.24, 2.45) is 0 Å². The highest BCUT2D eigenvalue weighted by molar-refractivity contribution is 6.11. The SMILES string of the molecule is CC(=O)CC(=Cc1ccco1)C(=O)C=Cc1ccco1. The molecule has 2 rings (SSSR count). The lowest BCUT2D eigenvalue weighted by molar-refractivity contribution is -0.118. The highest BCUT2D eigenvalue weighted by Crippen LogP contribution is 2.14. The van der Waals surface area contributed by atoms with Gasteiger partial charge in [0, 0.05) is 12.0 Å². The van der Waals surface area contributed by atoms with Gasteiger partial charge in [-0.25, -0.2) is 0 Å². The van der Waals surface area contributed by atoms with E-state index in [1.165, 1.54) is 25.5 Å². The van der Waals surface area contributed by atoms with Gasteiger partial charge in [-0.1, -0.05) is 0 Å². The van der Waals surface area contributed by atoms with Gasteiger partial charge in [0.2, 0.25) is 0 Å². The third-order valence-corrected chi connectivity index (χ3v) is 2.56. The van der Waals surface area contributed by atoms with Crippen molar-refractivity contribution in [1.29, 1.82) is 0 Å². The first-order valence-electron chi connectivity index (χ1n) is 6.14. The molecule has 2 heterocycles. The average Bonchev–Trinajstić information content (AvgIpc) is 3.07. The monoisotopic (exact) mass is 270 g/mol. The highest BCUT2D eigenvalue weighted by Gasteiger charge is 2.10. The summed E-state index contributed by atoms with van der Waals surface area (Å²) in [5.41, 5.74) is 0.384. The van der Waals surface area contributed by atoms with Gasteiger partial charge < -0.3 is 8.83 Å². The van der Waals surface area contributed by atoms with Crippen LogP contribution >= 0.6 is 0 Å². The van der Waals surface area contributed by atoms with Crippen LogP contribution in [0.1, 0.15) is 24.9 Å². The lowest BCUT2D eigenvalue weighted by Gasteiger charge is -2.00. The fraction of sp³-hybridized carbons (Fsp3) is 0.125. The van der Waals surface area contributed by atoms with E-state index in [1.54, 1.807) is 36.4 Å². The van der Waals surface area contributed by atoms with Crippen LogP contribution in [0.15, 0.2) is 57.3 Å². The third kappa shape index (κ3) is 3.95. The van der Waals surface area contributed by atoms with Crippen molar-refractivity contribution in [3.05, 3.63) is 60.0 Å². The van der Waals surface area contributed by atoms with Gasteiger partial charge in [-0.15, -0.1) is 0 Å². The van der Waals surface area contributed by atoms with Gasteiger partial charge in [-0.05, 0) is 49.4 Å². The summed E-state index contributed by atoms with van der Waals surface area (Å²) >= 11 is 0. The number of furan rings is 2. The second kappa shape index (κ2) is 6.52. The van der Waals surface area contributed by atoms with Gasteiger partial charge in [0.15, 0.2) is 5.78 Å². The smallest absolute Gasteiger partial charge is 0.182 e. The van der Waals surface area contributed by atoms with E-state index in [0.717, 1.165) is 0 Å². The molecule has 0 atom stereocenters. The largest absolute Gasteiger partial charge is 0.465 e. The predicted molar refractivity (Wildman–Crippen MR) is 74.7 cm³/mol. The molecule has 0 aliphatic carbocycles. The van der Waals surface area contributed by atoms with E-state index in [-0.39, 0.29) is 18.0 Å². The van der Waals surface area contributed by atoms with Crippen LogP contribution in [0.2, 0.25) is 0 Å². The fourth-order valence-electron chi connectivity index (χ4n) is 1.67. The Morgan fingerprint density at radius 1 is 1.10 bits per heavy atom. The van der Waals surface area contributed by atoms with Gasteiger partial charge in [0.1, 0.15) is 17.3 Å². The van der Waals surface area contributed by atoms with E-state index in [0.29, 0.717) is 17.1 Å². The summed E-state index contributed by atoms with van der Waals surface area (Å²) in [4.78, 5) is 23.4. The molecular weight excluding hydrogens is 256 g/mol. The van der Waals surface area contributed by atoms with E-state index >= 15 is 0 Å². The van der Waals surface area contributed by atoms with Crippen molar-refractivity contribution < 1.29 is 18.4 Å². The molecule has 0 bridgehead atoms. The second-order valence-corrected chi connectivity index (χ2v) is 4.28. The van der Waals surface area contributed by atoms with Crippen molar-refractivity contribution in [3.63, 3.8) is 0 Å². The molecule has 0 aliphatic heterocycles. The van der Waals surface area contributed by atoms with Crippen LogP contribution in [-0.2, 0) is 9.59 Å². The highest BCUT2D eigenvalue weighted by atomic mass is 16.3. The van der Waals surface area contributed by atoms with E-state index in [1.807, 2.05) is 0 Å². The molecule has 0 saturated carbocycles. The van der Waals surface area contributed by atoms with E-state index in [2.05, 4.69) is 0 Å². The zero-order valence-electron chi connectivity index (χ0n) is 11.0. The molecule has 2 aromatic rings. The van der Waals surface area contributed by atoms with Gasteiger partial charge in [-0.3, -0.25) is 9.59 Å². The molecule has 0 fully saturated rings. The molecule has 4 heteroatoms. The van der Waals surface area contributed by atoms with Crippen molar-refractivity contribution in [3.8, 4) is 0 Å². The molecular formula is C16H14O4. The minimum Gasteiger partial charge on any atom is -0.465 e. The van der Waals surface area contributed by atoms with E-state index in [4.69, 9.17) is 8.83 Å². The number of hydrogen-bond acceptors (Lipinski definition) is 4. The first-order chi connectivity index (χ1) is 9.65.